The number of nitrogens with one attached hydrogen (secondary N) is 1. The molecule has 5 nitrogen and oxygen atoms in total. The standard InChI is InChI=1S/C17H23ClN2O3/c1-17(2,3)23-16(22)20-11-13-7-5-4-6-12(13)8-14(20)10-19-15(21)9-18/h4-7,14H,8-11H2,1-3H3,(H,19,21). The molecule has 1 atom stereocenters. The van der Waals surface area contributed by atoms with Crippen LogP contribution in [0.25, 0.3) is 0 Å². The fourth-order valence-corrected chi connectivity index (χ4v) is 2.68. The Morgan fingerprint density at radius 3 is 2.57 bits per heavy atom. The van der Waals surface area contributed by atoms with Gasteiger partial charge in [-0.25, -0.2) is 4.79 Å². The van der Waals surface area contributed by atoms with Crippen LogP contribution in [0.2, 0.25) is 0 Å². The van der Waals surface area contributed by atoms with E-state index in [0.717, 1.165) is 5.56 Å². The molecular formula is C17H23ClN2O3. The largest absolute Gasteiger partial charge is 0.444 e. The van der Waals surface area contributed by atoms with Gasteiger partial charge in [-0.2, -0.15) is 0 Å². The summed E-state index contributed by atoms with van der Waals surface area (Å²) in [5.74, 6) is -0.329. The van der Waals surface area contributed by atoms with Gasteiger partial charge in [0.1, 0.15) is 11.5 Å². The quantitative estimate of drug-likeness (QED) is 0.862. The zero-order chi connectivity index (χ0) is 17.0. The highest BCUT2D eigenvalue weighted by atomic mass is 35.5. The molecule has 0 radical (unpaired) electrons. The molecule has 0 bridgehead atoms. The van der Waals surface area contributed by atoms with E-state index in [1.807, 2.05) is 39.0 Å². The van der Waals surface area contributed by atoms with Gasteiger partial charge in [-0.15, -0.1) is 11.6 Å². The predicted octanol–water partition coefficient (Wildman–Crippen LogP) is 2.70. The molecule has 1 unspecified atom stereocenters. The number of carbonyl (C=O) groups is 2. The Morgan fingerprint density at radius 2 is 1.96 bits per heavy atom. The van der Waals surface area contributed by atoms with Crippen LogP contribution in [0.1, 0.15) is 31.9 Å². The first-order valence-corrected chi connectivity index (χ1v) is 8.22. The number of rotatable bonds is 3. The van der Waals surface area contributed by atoms with Crippen molar-refractivity contribution in [2.45, 2.75) is 45.4 Å². The molecule has 0 spiro atoms. The molecular weight excluding hydrogens is 316 g/mol. The summed E-state index contributed by atoms with van der Waals surface area (Å²) in [7, 11) is 0. The molecule has 1 aliphatic rings. The number of hydrogen-bond donors (Lipinski definition) is 1. The summed E-state index contributed by atoms with van der Waals surface area (Å²) >= 11 is 5.52. The first kappa shape index (κ1) is 17.6. The molecule has 1 aliphatic heterocycles. The summed E-state index contributed by atoms with van der Waals surface area (Å²) in [5, 5.41) is 2.76. The Hall–Kier alpha value is -1.75. The van der Waals surface area contributed by atoms with E-state index in [9.17, 15) is 9.59 Å². The summed E-state index contributed by atoms with van der Waals surface area (Å²) in [4.78, 5) is 25.6. The minimum atomic E-state index is -0.558. The van der Waals surface area contributed by atoms with Crippen LogP contribution >= 0.6 is 11.6 Å². The topological polar surface area (TPSA) is 58.6 Å². The molecule has 6 heteroatoms. The van der Waals surface area contributed by atoms with Gasteiger partial charge in [0.05, 0.1) is 6.04 Å². The number of amides is 2. The minimum Gasteiger partial charge on any atom is -0.444 e. The van der Waals surface area contributed by atoms with Gasteiger partial charge in [0.15, 0.2) is 0 Å². The van der Waals surface area contributed by atoms with Crippen molar-refractivity contribution in [3.63, 3.8) is 0 Å². The first-order chi connectivity index (χ1) is 10.8. The zero-order valence-corrected chi connectivity index (χ0v) is 14.5. The highest BCUT2D eigenvalue weighted by Crippen LogP contribution is 2.25. The monoisotopic (exact) mass is 338 g/mol. The predicted molar refractivity (Wildman–Crippen MR) is 89.4 cm³/mol. The second-order valence-electron chi connectivity index (χ2n) is 6.67. The van der Waals surface area contributed by atoms with Crippen molar-refractivity contribution in [3.05, 3.63) is 35.4 Å². The third kappa shape index (κ3) is 4.86. The molecule has 0 saturated heterocycles. The Bertz CT molecular complexity index is 583. The lowest BCUT2D eigenvalue weighted by Gasteiger charge is -2.37. The van der Waals surface area contributed by atoms with Crippen LogP contribution in [0, 0.1) is 0 Å². The molecule has 23 heavy (non-hydrogen) atoms. The number of carbonyl (C=O) groups excluding carboxylic acids is 2. The minimum absolute atomic E-state index is 0.0876. The lowest BCUT2D eigenvalue weighted by molar-refractivity contribution is -0.119. The number of halogens is 1. The summed E-state index contributed by atoms with van der Waals surface area (Å²) in [6.07, 6.45) is 0.315. The maximum absolute atomic E-state index is 12.5. The van der Waals surface area contributed by atoms with Crippen LogP contribution in [0.3, 0.4) is 0 Å². The Morgan fingerprint density at radius 1 is 1.30 bits per heavy atom. The average molecular weight is 339 g/mol. The normalized spacial score (nSPS) is 17.4. The van der Waals surface area contributed by atoms with Crippen LogP contribution in [-0.2, 0) is 22.5 Å². The Balaban J connectivity index is 2.17. The molecule has 0 fully saturated rings. The van der Waals surface area contributed by atoms with Gasteiger partial charge in [0.2, 0.25) is 5.91 Å². The SMILES string of the molecule is CC(C)(C)OC(=O)N1Cc2ccccc2CC1CNC(=O)CCl. The Kier molecular flexibility index (Phi) is 5.52. The van der Waals surface area contributed by atoms with E-state index < -0.39 is 5.60 Å². The summed E-state index contributed by atoms with van der Waals surface area (Å²) < 4.78 is 5.50. The van der Waals surface area contributed by atoms with Crippen molar-refractivity contribution >= 4 is 23.6 Å². The average Bonchev–Trinajstić information content (AvgIpc) is 2.49. The van der Waals surface area contributed by atoms with Crippen LogP contribution in [0.5, 0.6) is 0 Å². The molecule has 126 valence electrons. The van der Waals surface area contributed by atoms with Gasteiger partial charge in [0, 0.05) is 13.1 Å². The third-order valence-corrected chi connectivity index (χ3v) is 3.88. The smallest absolute Gasteiger partial charge is 0.410 e. The number of ether oxygens (including phenoxy) is 1. The van der Waals surface area contributed by atoms with Crippen LogP contribution in [0.15, 0.2) is 24.3 Å². The fourth-order valence-electron chi connectivity index (χ4n) is 2.58. The second kappa shape index (κ2) is 7.21. The van der Waals surface area contributed by atoms with Crippen molar-refractivity contribution in [2.24, 2.45) is 0 Å². The zero-order valence-electron chi connectivity index (χ0n) is 13.8. The number of alkyl halides is 1. The molecule has 0 aromatic heterocycles. The van der Waals surface area contributed by atoms with E-state index in [-0.39, 0.29) is 23.9 Å². The number of benzene rings is 1. The van der Waals surface area contributed by atoms with Crippen molar-refractivity contribution in [1.82, 2.24) is 10.2 Å². The molecule has 2 rings (SSSR count). The molecule has 1 aromatic carbocycles. The van der Waals surface area contributed by atoms with Gasteiger partial charge >= 0.3 is 6.09 Å². The van der Waals surface area contributed by atoms with E-state index in [2.05, 4.69) is 11.4 Å². The molecule has 2 amide bonds. The fraction of sp³-hybridized carbons (Fsp3) is 0.529. The summed E-state index contributed by atoms with van der Waals surface area (Å²) in [6, 6.07) is 7.86. The van der Waals surface area contributed by atoms with Crippen molar-refractivity contribution < 1.29 is 14.3 Å². The number of nitrogens with zero attached hydrogens (tertiary/aromatic N) is 1. The van der Waals surface area contributed by atoms with Crippen LogP contribution in [-0.4, -0.2) is 41.0 Å². The van der Waals surface area contributed by atoms with Crippen LogP contribution in [0.4, 0.5) is 4.79 Å². The van der Waals surface area contributed by atoms with Gasteiger partial charge in [-0.1, -0.05) is 24.3 Å². The van der Waals surface area contributed by atoms with Crippen LogP contribution < -0.4 is 5.32 Å². The molecule has 1 N–H and O–H groups in total. The maximum atomic E-state index is 12.5. The van der Waals surface area contributed by atoms with Crippen molar-refractivity contribution in [3.8, 4) is 0 Å². The van der Waals surface area contributed by atoms with E-state index in [1.54, 1.807) is 4.90 Å². The maximum Gasteiger partial charge on any atom is 0.410 e. The van der Waals surface area contributed by atoms with E-state index in [0.29, 0.717) is 19.5 Å². The van der Waals surface area contributed by atoms with Gasteiger partial charge in [-0.3, -0.25) is 9.69 Å². The number of hydrogen-bond acceptors (Lipinski definition) is 3. The van der Waals surface area contributed by atoms with Gasteiger partial charge in [-0.05, 0) is 38.3 Å². The highest BCUT2D eigenvalue weighted by Gasteiger charge is 2.32. The molecule has 0 saturated carbocycles. The van der Waals surface area contributed by atoms with Gasteiger partial charge in [0.25, 0.3) is 0 Å². The summed E-state index contributed by atoms with van der Waals surface area (Å²) in [5.41, 5.74) is 1.74. The first-order valence-electron chi connectivity index (χ1n) is 7.69. The third-order valence-electron chi connectivity index (χ3n) is 3.64. The van der Waals surface area contributed by atoms with E-state index >= 15 is 0 Å². The van der Waals surface area contributed by atoms with Crippen molar-refractivity contribution in [1.29, 1.82) is 0 Å². The molecule has 1 aromatic rings. The van der Waals surface area contributed by atoms with E-state index in [1.165, 1.54) is 5.56 Å². The van der Waals surface area contributed by atoms with Gasteiger partial charge < -0.3 is 10.1 Å². The molecule has 1 heterocycles. The number of fused-ring (bicyclic) bond motifs is 1. The summed E-state index contributed by atoms with van der Waals surface area (Å²) in [6.45, 7) is 6.36. The van der Waals surface area contributed by atoms with Crippen molar-refractivity contribution in [2.75, 3.05) is 12.4 Å². The van der Waals surface area contributed by atoms with E-state index in [4.69, 9.17) is 16.3 Å². The lowest BCUT2D eigenvalue weighted by Crippen LogP contribution is -2.51. The lowest BCUT2D eigenvalue weighted by atomic mass is 9.94. The molecule has 0 aliphatic carbocycles. The Labute approximate surface area is 141 Å². The highest BCUT2D eigenvalue weighted by molar-refractivity contribution is 6.27. The second-order valence-corrected chi connectivity index (χ2v) is 6.94.